The van der Waals surface area contributed by atoms with Gasteiger partial charge >= 0.3 is 0 Å². The van der Waals surface area contributed by atoms with Crippen molar-refractivity contribution in [2.24, 2.45) is 0 Å². The first kappa shape index (κ1) is 17.2. The van der Waals surface area contributed by atoms with Crippen molar-refractivity contribution in [1.82, 2.24) is 10.2 Å². The molecule has 1 heterocycles. The van der Waals surface area contributed by atoms with Crippen LogP contribution in [0.2, 0.25) is 0 Å². The predicted octanol–water partition coefficient (Wildman–Crippen LogP) is 2.93. The van der Waals surface area contributed by atoms with E-state index in [1.54, 1.807) is 4.90 Å². The van der Waals surface area contributed by atoms with Crippen molar-refractivity contribution in [1.29, 1.82) is 0 Å². The summed E-state index contributed by atoms with van der Waals surface area (Å²) in [4.78, 5) is 26.8. The number of carbonyl (C=O) groups is 2. The Morgan fingerprint density at radius 2 is 1.60 bits per heavy atom. The first-order valence-corrected chi connectivity index (χ1v) is 8.89. The highest BCUT2D eigenvalue weighted by Crippen LogP contribution is 2.19. The lowest BCUT2D eigenvalue weighted by Crippen LogP contribution is -2.45. The van der Waals surface area contributed by atoms with E-state index >= 15 is 0 Å². The average molecular weight is 336 g/mol. The molecule has 25 heavy (non-hydrogen) atoms. The van der Waals surface area contributed by atoms with Gasteiger partial charge in [0.1, 0.15) is 6.04 Å². The lowest BCUT2D eigenvalue weighted by molar-refractivity contribution is -0.138. The van der Waals surface area contributed by atoms with Crippen LogP contribution < -0.4 is 5.32 Å². The number of nitrogens with zero attached hydrogens (tertiary/aromatic N) is 1. The standard InChI is InChI=1S/C21H24N2O2/c24-20(14-13-17-8-3-1-4-9-17)23-15-7-12-19(23)21(25)22-16-18-10-5-2-6-11-18/h1-6,8-11,19H,7,12-16H2,(H,22,25)/t19-/m1/s1. The maximum Gasteiger partial charge on any atom is 0.243 e. The number of amides is 2. The highest BCUT2D eigenvalue weighted by atomic mass is 16.2. The van der Waals surface area contributed by atoms with Crippen LogP contribution >= 0.6 is 0 Å². The van der Waals surface area contributed by atoms with Gasteiger partial charge in [-0.15, -0.1) is 0 Å². The number of nitrogens with one attached hydrogen (secondary N) is 1. The third kappa shape index (κ3) is 4.69. The maximum absolute atomic E-state index is 12.6. The molecule has 130 valence electrons. The Hall–Kier alpha value is -2.62. The third-order valence-corrected chi connectivity index (χ3v) is 4.66. The average Bonchev–Trinajstić information content (AvgIpc) is 3.16. The first-order chi connectivity index (χ1) is 12.2. The summed E-state index contributed by atoms with van der Waals surface area (Å²) >= 11 is 0. The van der Waals surface area contributed by atoms with Crippen LogP contribution in [0.3, 0.4) is 0 Å². The molecule has 0 spiro atoms. The Bertz CT molecular complexity index is 639. The Kier molecular flexibility index (Phi) is 5.83. The fourth-order valence-electron chi connectivity index (χ4n) is 3.28. The van der Waals surface area contributed by atoms with E-state index in [1.165, 1.54) is 0 Å². The van der Waals surface area contributed by atoms with Crippen molar-refractivity contribution in [2.75, 3.05) is 6.54 Å². The van der Waals surface area contributed by atoms with E-state index in [1.807, 2.05) is 60.7 Å². The minimum Gasteiger partial charge on any atom is -0.350 e. The molecule has 0 radical (unpaired) electrons. The van der Waals surface area contributed by atoms with E-state index in [0.717, 1.165) is 24.0 Å². The summed E-state index contributed by atoms with van der Waals surface area (Å²) < 4.78 is 0. The quantitative estimate of drug-likeness (QED) is 0.882. The summed E-state index contributed by atoms with van der Waals surface area (Å²) in [5, 5.41) is 2.97. The highest BCUT2D eigenvalue weighted by Gasteiger charge is 2.33. The molecule has 2 aromatic rings. The number of likely N-dealkylation sites (tertiary alicyclic amines) is 1. The molecule has 1 aliphatic rings. The molecule has 0 aromatic heterocycles. The van der Waals surface area contributed by atoms with Crippen LogP contribution in [0, 0.1) is 0 Å². The van der Waals surface area contributed by atoms with Crippen molar-refractivity contribution >= 4 is 11.8 Å². The van der Waals surface area contributed by atoms with Crippen LogP contribution in [0.4, 0.5) is 0 Å². The molecule has 2 aromatic carbocycles. The summed E-state index contributed by atoms with van der Waals surface area (Å²) in [6, 6.07) is 19.5. The van der Waals surface area contributed by atoms with Gasteiger partial charge in [-0.25, -0.2) is 0 Å². The molecule has 1 saturated heterocycles. The van der Waals surface area contributed by atoms with Crippen LogP contribution in [0.1, 0.15) is 30.4 Å². The van der Waals surface area contributed by atoms with Crippen molar-refractivity contribution < 1.29 is 9.59 Å². The Morgan fingerprint density at radius 1 is 0.960 bits per heavy atom. The Labute approximate surface area is 148 Å². The van der Waals surface area contributed by atoms with E-state index < -0.39 is 0 Å². The minimum atomic E-state index is -0.327. The molecule has 1 fully saturated rings. The van der Waals surface area contributed by atoms with Gasteiger partial charge in [-0.05, 0) is 30.4 Å². The Morgan fingerprint density at radius 3 is 2.28 bits per heavy atom. The topological polar surface area (TPSA) is 49.4 Å². The molecule has 0 aliphatic carbocycles. The van der Waals surface area contributed by atoms with Gasteiger partial charge in [-0.3, -0.25) is 9.59 Å². The van der Waals surface area contributed by atoms with E-state index in [0.29, 0.717) is 25.9 Å². The number of hydrogen-bond acceptors (Lipinski definition) is 2. The molecule has 4 nitrogen and oxygen atoms in total. The number of aryl methyl sites for hydroxylation is 1. The number of hydrogen-bond donors (Lipinski definition) is 1. The fraction of sp³-hybridized carbons (Fsp3) is 0.333. The number of benzene rings is 2. The summed E-state index contributed by atoms with van der Waals surface area (Å²) in [6.07, 6.45) is 2.80. The van der Waals surface area contributed by atoms with E-state index in [-0.39, 0.29) is 17.9 Å². The van der Waals surface area contributed by atoms with Gasteiger partial charge < -0.3 is 10.2 Å². The number of carbonyl (C=O) groups excluding carboxylic acids is 2. The third-order valence-electron chi connectivity index (χ3n) is 4.66. The summed E-state index contributed by atoms with van der Waals surface area (Å²) in [5.74, 6) is 0.0237. The first-order valence-electron chi connectivity index (χ1n) is 8.89. The van der Waals surface area contributed by atoms with Gasteiger partial charge in [0.15, 0.2) is 0 Å². The molecule has 3 rings (SSSR count). The van der Waals surface area contributed by atoms with Crippen molar-refractivity contribution in [3.63, 3.8) is 0 Å². The van der Waals surface area contributed by atoms with Crippen molar-refractivity contribution in [3.8, 4) is 0 Å². The van der Waals surface area contributed by atoms with Crippen LogP contribution in [0.15, 0.2) is 60.7 Å². The van der Waals surface area contributed by atoms with Gasteiger partial charge in [0, 0.05) is 19.5 Å². The van der Waals surface area contributed by atoms with E-state index in [2.05, 4.69) is 5.32 Å². The lowest BCUT2D eigenvalue weighted by Gasteiger charge is -2.24. The lowest BCUT2D eigenvalue weighted by atomic mass is 10.1. The number of rotatable bonds is 6. The van der Waals surface area contributed by atoms with Crippen LogP contribution in [-0.2, 0) is 22.6 Å². The summed E-state index contributed by atoms with van der Waals surface area (Å²) in [7, 11) is 0. The molecule has 1 N–H and O–H groups in total. The monoisotopic (exact) mass is 336 g/mol. The molecule has 0 unspecified atom stereocenters. The smallest absolute Gasteiger partial charge is 0.243 e. The van der Waals surface area contributed by atoms with E-state index in [4.69, 9.17) is 0 Å². The van der Waals surface area contributed by atoms with Gasteiger partial charge in [-0.2, -0.15) is 0 Å². The van der Waals surface area contributed by atoms with Crippen molar-refractivity contribution in [2.45, 2.75) is 38.3 Å². The predicted molar refractivity (Wildman–Crippen MR) is 97.8 cm³/mol. The zero-order chi connectivity index (χ0) is 17.5. The maximum atomic E-state index is 12.6. The summed E-state index contributed by atoms with van der Waals surface area (Å²) in [6.45, 7) is 1.18. The molecule has 1 aliphatic heterocycles. The van der Waals surface area contributed by atoms with Crippen molar-refractivity contribution in [3.05, 3.63) is 71.8 Å². The zero-order valence-electron chi connectivity index (χ0n) is 14.4. The second kappa shape index (κ2) is 8.47. The van der Waals surface area contributed by atoms with Crippen LogP contribution in [0.5, 0.6) is 0 Å². The van der Waals surface area contributed by atoms with Gasteiger partial charge in [0.2, 0.25) is 11.8 Å². The molecule has 0 bridgehead atoms. The van der Waals surface area contributed by atoms with Crippen LogP contribution in [0.25, 0.3) is 0 Å². The molecule has 2 amide bonds. The highest BCUT2D eigenvalue weighted by molar-refractivity contribution is 5.88. The van der Waals surface area contributed by atoms with Gasteiger partial charge in [0.05, 0.1) is 0 Å². The molecular weight excluding hydrogens is 312 g/mol. The zero-order valence-corrected chi connectivity index (χ0v) is 14.4. The SMILES string of the molecule is O=C(NCc1ccccc1)[C@H]1CCCN1C(=O)CCc1ccccc1. The Balaban J connectivity index is 1.52. The normalized spacial score (nSPS) is 16.6. The molecule has 4 heteroatoms. The van der Waals surface area contributed by atoms with Gasteiger partial charge in [0.25, 0.3) is 0 Å². The van der Waals surface area contributed by atoms with E-state index in [9.17, 15) is 9.59 Å². The molecule has 1 atom stereocenters. The van der Waals surface area contributed by atoms with Crippen LogP contribution in [-0.4, -0.2) is 29.3 Å². The fourth-order valence-corrected chi connectivity index (χ4v) is 3.28. The molecule has 0 saturated carbocycles. The second-order valence-electron chi connectivity index (χ2n) is 6.43. The second-order valence-corrected chi connectivity index (χ2v) is 6.43. The van der Waals surface area contributed by atoms with Gasteiger partial charge in [-0.1, -0.05) is 60.7 Å². The largest absolute Gasteiger partial charge is 0.350 e. The molecular formula is C21H24N2O2. The summed E-state index contributed by atoms with van der Waals surface area (Å²) in [5.41, 5.74) is 2.22. The minimum absolute atomic E-state index is 0.0468.